The first-order valence-electron chi connectivity index (χ1n) is 6.93. The van der Waals surface area contributed by atoms with Crippen molar-refractivity contribution in [1.29, 1.82) is 0 Å². The fraction of sp³-hybridized carbons (Fsp3) is 0.0588. The van der Waals surface area contributed by atoms with Crippen LogP contribution in [0.3, 0.4) is 0 Å². The van der Waals surface area contributed by atoms with Gasteiger partial charge in [0.05, 0.1) is 17.8 Å². The van der Waals surface area contributed by atoms with E-state index in [0.29, 0.717) is 27.8 Å². The molecule has 0 aliphatic carbocycles. The Morgan fingerprint density at radius 1 is 1.17 bits per heavy atom. The van der Waals surface area contributed by atoms with Crippen LogP contribution in [0.5, 0.6) is 5.75 Å². The van der Waals surface area contributed by atoms with Crippen LogP contribution < -0.4 is 10.1 Å². The fourth-order valence-electron chi connectivity index (χ4n) is 2.14. The molecule has 3 rings (SSSR count). The third-order valence-electron chi connectivity index (χ3n) is 3.30. The second kappa shape index (κ2) is 6.54. The number of amides is 1. The molecule has 1 aromatic heterocycles. The first-order chi connectivity index (χ1) is 11.2. The molecule has 0 aliphatic heterocycles. The van der Waals surface area contributed by atoms with Crippen molar-refractivity contribution < 1.29 is 9.53 Å². The minimum absolute atomic E-state index is 0.288. The number of nitrogens with zero attached hydrogens (tertiary/aromatic N) is 1. The molecular weight excluding hydrogens is 314 g/mol. The van der Waals surface area contributed by atoms with Crippen LogP contribution in [0.15, 0.2) is 54.6 Å². The minimum atomic E-state index is -0.288. The number of nitrogens with one attached hydrogen (secondary N) is 2. The molecule has 0 saturated carbocycles. The van der Waals surface area contributed by atoms with Crippen LogP contribution in [0.2, 0.25) is 5.02 Å². The Balaban J connectivity index is 1.80. The molecule has 5 nitrogen and oxygen atoms in total. The van der Waals surface area contributed by atoms with E-state index in [1.54, 1.807) is 43.5 Å². The summed E-state index contributed by atoms with van der Waals surface area (Å²) in [6.07, 6.45) is 0. The highest BCUT2D eigenvalue weighted by Gasteiger charge is 2.13. The molecule has 2 N–H and O–H groups in total. The van der Waals surface area contributed by atoms with Gasteiger partial charge in [-0.05, 0) is 24.3 Å². The lowest BCUT2D eigenvalue weighted by molar-refractivity contribution is 0.102. The van der Waals surface area contributed by atoms with Crippen LogP contribution in [-0.4, -0.2) is 23.2 Å². The van der Waals surface area contributed by atoms with E-state index in [2.05, 4.69) is 15.5 Å². The van der Waals surface area contributed by atoms with Gasteiger partial charge in [0, 0.05) is 17.3 Å². The minimum Gasteiger partial charge on any atom is -0.497 e. The van der Waals surface area contributed by atoms with Gasteiger partial charge in [-0.2, -0.15) is 5.10 Å². The van der Waals surface area contributed by atoms with Crippen molar-refractivity contribution in [3.05, 3.63) is 65.3 Å². The Morgan fingerprint density at radius 3 is 2.78 bits per heavy atom. The number of ether oxygens (including phenoxy) is 1. The molecule has 1 amide bonds. The molecular formula is C17H14ClN3O2. The number of carbonyl (C=O) groups is 1. The second-order valence-electron chi connectivity index (χ2n) is 4.83. The Morgan fingerprint density at radius 2 is 2.00 bits per heavy atom. The van der Waals surface area contributed by atoms with E-state index < -0.39 is 0 Å². The van der Waals surface area contributed by atoms with E-state index in [1.165, 1.54) is 0 Å². The van der Waals surface area contributed by atoms with Crippen molar-refractivity contribution in [3.63, 3.8) is 0 Å². The summed E-state index contributed by atoms with van der Waals surface area (Å²) < 4.78 is 5.13. The molecule has 0 radical (unpaired) electrons. The Hall–Kier alpha value is -2.79. The molecule has 0 unspecified atom stereocenters. The third kappa shape index (κ3) is 3.35. The predicted molar refractivity (Wildman–Crippen MR) is 90.0 cm³/mol. The van der Waals surface area contributed by atoms with Gasteiger partial charge in [-0.1, -0.05) is 35.9 Å². The lowest BCUT2D eigenvalue weighted by Crippen LogP contribution is -2.12. The molecule has 0 aliphatic rings. The summed E-state index contributed by atoms with van der Waals surface area (Å²) in [4.78, 5) is 12.3. The molecule has 0 spiro atoms. The van der Waals surface area contributed by atoms with Gasteiger partial charge in [-0.25, -0.2) is 0 Å². The average molecular weight is 328 g/mol. The van der Waals surface area contributed by atoms with E-state index >= 15 is 0 Å². The number of anilines is 1. The molecule has 6 heteroatoms. The number of hydrogen-bond donors (Lipinski definition) is 2. The molecule has 0 bridgehead atoms. The fourth-order valence-corrected chi connectivity index (χ4v) is 2.38. The van der Waals surface area contributed by atoms with Gasteiger partial charge in [0.15, 0.2) is 0 Å². The Kier molecular flexibility index (Phi) is 4.30. The van der Waals surface area contributed by atoms with E-state index in [9.17, 15) is 4.79 Å². The zero-order valence-corrected chi connectivity index (χ0v) is 13.1. The highest BCUT2D eigenvalue weighted by molar-refractivity contribution is 6.33. The number of benzene rings is 2. The van der Waals surface area contributed by atoms with Crippen molar-refractivity contribution in [3.8, 4) is 17.0 Å². The predicted octanol–water partition coefficient (Wildman–Crippen LogP) is 3.99. The SMILES string of the molecule is COc1cccc(NC(=O)c2cc(-c3ccccc3Cl)n[nH]2)c1. The van der Waals surface area contributed by atoms with E-state index in [4.69, 9.17) is 16.3 Å². The van der Waals surface area contributed by atoms with E-state index in [0.717, 1.165) is 5.56 Å². The molecule has 3 aromatic rings. The van der Waals surface area contributed by atoms with Crippen LogP contribution in [0.4, 0.5) is 5.69 Å². The van der Waals surface area contributed by atoms with Gasteiger partial charge >= 0.3 is 0 Å². The summed E-state index contributed by atoms with van der Waals surface area (Å²) in [5, 5.41) is 10.2. The lowest BCUT2D eigenvalue weighted by atomic mass is 10.1. The summed E-state index contributed by atoms with van der Waals surface area (Å²) in [5.74, 6) is 0.383. The summed E-state index contributed by atoms with van der Waals surface area (Å²) in [5.41, 5.74) is 2.38. The maximum atomic E-state index is 12.3. The Labute approximate surface area is 138 Å². The molecule has 23 heavy (non-hydrogen) atoms. The first-order valence-corrected chi connectivity index (χ1v) is 7.31. The number of halogens is 1. The highest BCUT2D eigenvalue weighted by atomic mass is 35.5. The average Bonchev–Trinajstić information content (AvgIpc) is 3.05. The summed E-state index contributed by atoms with van der Waals surface area (Å²) in [7, 11) is 1.58. The van der Waals surface area contributed by atoms with Crippen LogP contribution in [0.25, 0.3) is 11.3 Å². The summed E-state index contributed by atoms with van der Waals surface area (Å²) in [6, 6.07) is 16.1. The molecule has 0 atom stereocenters. The first kappa shape index (κ1) is 15.1. The van der Waals surface area contributed by atoms with E-state index in [-0.39, 0.29) is 5.91 Å². The van der Waals surface area contributed by atoms with Crippen LogP contribution >= 0.6 is 11.6 Å². The zero-order valence-electron chi connectivity index (χ0n) is 12.3. The van der Waals surface area contributed by atoms with Crippen molar-refractivity contribution >= 4 is 23.2 Å². The lowest BCUT2D eigenvalue weighted by Gasteiger charge is -2.05. The molecule has 2 aromatic carbocycles. The van der Waals surface area contributed by atoms with Crippen LogP contribution in [0, 0.1) is 0 Å². The van der Waals surface area contributed by atoms with Gasteiger partial charge in [0.1, 0.15) is 11.4 Å². The summed E-state index contributed by atoms with van der Waals surface area (Å²) in [6.45, 7) is 0. The third-order valence-corrected chi connectivity index (χ3v) is 3.63. The smallest absolute Gasteiger partial charge is 0.273 e. The van der Waals surface area contributed by atoms with E-state index in [1.807, 2.05) is 18.2 Å². The highest BCUT2D eigenvalue weighted by Crippen LogP contribution is 2.26. The zero-order chi connectivity index (χ0) is 16.2. The normalized spacial score (nSPS) is 10.3. The molecule has 116 valence electrons. The van der Waals surface area contributed by atoms with Crippen molar-refractivity contribution in [2.24, 2.45) is 0 Å². The molecule has 0 fully saturated rings. The van der Waals surface area contributed by atoms with Gasteiger partial charge in [-0.15, -0.1) is 0 Å². The number of H-pyrrole nitrogens is 1. The summed E-state index contributed by atoms with van der Waals surface area (Å²) >= 11 is 6.14. The number of carbonyl (C=O) groups excluding carboxylic acids is 1. The number of aromatic amines is 1. The van der Waals surface area contributed by atoms with Gasteiger partial charge in [-0.3, -0.25) is 9.89 Å². The molecule has 0 saturated heterocycles. The monoisotopic (exact) mass is 327 g/mol. The number of rotatable bonds is 4. The standard InChI is InChI=1S/C17H14ClN3O2/c1-23-12-6-4-5-11(9-12)19-17(22)16-10-15(20-21-16)13-7-2-3-8-14(13)18/h2-10H,1H3,(H,19,22)(H,20,21). The van der Waals surface area contributed by atoms with Crippen molar-refractivity contribution in [2.75, 3.05) is 12.4 Å². The van der Waals surface area contributed by atoms with Gasteiger partial charge in [0.2, 0.25) is 0 Å². The largest absolute Gasteiger partial charge is 0.497 e. The van der Waals surface area contributed by atoms with Gasteiger partial charge in [0.25, 0.3) is 5.91 Å². The number of methoxy groups -OCH3 is 1. The quantitative estimate of drug-likeness (QED) is 0.761. The second-order valence-corrected chi connectivity index (χ2v) is 5.24. The van der Waals surface area contributed by atoms with Crippen LogP contribution in [0.1, 0.15) is 10.5 Å². The van der Waals surface area contributed by atoms with Crippen molar-refractivity contribution in [2.45, 2.75) is 0 Å². The maximum Gasteiger partial charge on any atom is 0.273 e. The number of aromatic nitrogens is 2. The topological polar surface area (TPSA) is 67.0 Å². The van der Waals surface area contributed by atoms with Crippen molar-refractivity contribution in [1.82, 2.24) is 10.2 Å². The maximum absolute atomic E-state index is 12.3. The number of hydrogen-bond acceptors (Lipinski definition) is 3. The van der Waals surface area contributed by atoms with Crippen LogP contribution in [-0.2, 0) is 0 Å². The molecule has 1 heterocycles. The van der Waals surface area contributed by atoms with Gasteiger partial charge < -0.3 is 10.1 Å². The Bertz CT molecular complexity index is 845.